The number of aryl methyl sites for hydroxylation is 1. The number of carbonyl (C=O) groups excluding carboxylic acids is 1. The molecule has 2 N–H and O–H groups in total. The number of hydrogen-bond donors (Lipinski definition) is 2. The normalized spacial score (nSPS) is 11.0. The number of aromatic nitrogens is 3. The first-order valence-electron chi connectivity index (χ1n) is 10.6. The third-order valence-corrected chi connectivity index (χ3v) is 5.75. The van der Waals surface area contributed by atoms with Gasteiger partial charge in [0.15, 0.2) is 11.0 Å². The van der Waals surface area contributed by atoms with E-state index in [1.54, 1.807) is 12.1 Å². The van der Waals surface area contributed by atoms with Crippen LogP contribution in [0.5, 0.6) is 0 Å². The number of halogens is 1. The molecule has 7 nitrogen and oxygen atoms in total. The van der Waals surface area contributed by atoms with Gasteiger partial charge in [0.25, 0.3) is 5.91 Å². The molecule has 1 amide bonds. The van der Waals surface area contributed by atoms with Gasteiger partial charge in [0.05, 0.1) is 18.5 Å². The lowest BCUT2D eigenvalue weighted by atomic mass is 10.2. The second kappa shape index (κ2) is 11.2. The average Bonchev–Trinajstić information content (AvgIpc) is 3.27. The van der Waals surface area contributed by atoms with Gasteiger partial charge in [-0.05, 0) is 48.9 Å². The van der Waals surface area contributed by atoms with Crippen LogP contribution in [0.2, 0.25) is 0 Å². The minimum atomic E-state index is -0.325. The number of hydrazone groups is 1. The predicted octanol–water partition coefficient (Wildman–Crippen LogP) is 4.57. The third kappa shape index (κ3) is 6.29. The lowest BCUT2D eigenvalue weighted by Gasteiger charge is -2.11. The number of thioether (sulfide) groups is 1. The van der Waals surface area contributed by atoms with Crippen molar-refractivity contribution in [2.75, 3.05) is 11.1 Å². The first-order chi connectivity index (χ1) is 16.6. The molecule has 0 atom stereocenters. The van der Waals surface area contributed by atoms with Crippen molar-refractivity contribution in [1.82, 2.24) is 20.2 Å². The molecule has 0 radical (unpaired) electrons. The molecule has 0 fully saturated rings. The molecule has 3 aromatic carbocycles. The lowest BCUT2D eigenvalue weighted by molar-refractivity contribution is -0.118. The molecule has 1 heterocycles. The molecule has 0 bridgehead atoms. The Labute approximate surface area is 201 Å². The Morgan fingerprint density at radius 2 is 1.76 bits per heavy atom. The first kappa shape index (κ1) is 23.2. The van der Waals surface area contributed by atoms with Crippen molar-refractivity contribution in [3.8, 4) is 5.69 Å². The van der Waals surface area contributed by atoms with Crippen LogP contribution in [0.1, 0.15) is 17.0 Å². The van der Waals surface area contributed by atoms with Crippen molar-refractivity contribution in [2.45, 2.75) is 18.6 Å². The number of para-hydroxylation sites is 1. The highest BCUT2D eigenvalue weighted by Crippen LogP contribution is 2.22. The molecule has 0 aliphatic carbocycles. The number of nitrogens with one attached hydrogen (secondary N) is 2. The fraction of sp³-hybridized carbons (Fsp3) is 0.120. The molecular weight excluding hydrogens is 451 g/mol. The summed E-state index contributed by atoms with van der Waals surface area (Å²) in [6.07, 6.45) is 1.46. The summed E-state index contributed by atoms with van der Waals surface area (Å²) in [6.45, 7) is 2.52. The van der Waals surface area contributed by atoms with Crippen molar-refractivity contribution >= 4 is 29.6 Å². The molecule has 1 aromatic heterocycles. The van der Waals surface area contributed by atoms with Crippen LogP contribution < -0.4 is 10.7 Å². The molecule has 4 aromatic rings. The molecule has 0 unspecified atom stereocenters. The van der Waals surface area contributed by atoms with E-state index in [0.29, 0.717) is 17.3 Å². The highest BCUT2D eigenvalue weighted by Gasteiger charge is 2.15. The SMILES string of the molecule is Cc1ccc(NCc2nnc(SCC(=O)N/N=C\c3ccc(F)cc3)n2-c2ccccc2)cc1. The van der Waals surface area contributed by atoms with Crippen molar-refractivity contribution in [3.05, 3.63) is 102 Å². The zero-order chi connectivity index (χ0) is 23.8. The van der Waals surface area contributed by atoms with Gasteiger partial charge < -0.3 is 5.32 Å². The van der Waals surface area contributed by atoms with Crippen molar-refractivity contribution < 1.29 is 9.18 Å². The van der Waals surface area contributed by atoms with Crippen molar-refractivity contribution in [2.24, 2.45) is 5.10 Å². The van der Waals surface area contributed by atoms with Gasteiger partial charge in [0, 0.05) is 11.4 Å². The Kier molecular flexibility index (Phi) is 7.67. The van der Waals surface area contributed by atoms with Gasteiger partial charge in [-0.25, -0.2) is 9.82 Å². The summed E-state index contributed by atoms with van der Waals surface area (Å²) in [5.41, 5.74) is 6.25. The van der Waals surface area contributed by atoms with Crippen LogP contribution in [0.4, 0.5) is 10.1 Å². The smallest absolute Gasteiger partial charge is 0.250 e. The molecule has 0 saturated carbocycles. The van der Waals surface area contributed by atoms with Crippen molar-refractivity contribution in [1.29, 1.82) is 0 Å². The van der Waals surface area contributed by atoms with Gasteiger partial charge in [0.2, 0.25) is 0 Å². The van der Waals surface area contributed by atoms with E-state index in [1.807, 2.05) is 66.1 Å². The maximum Gasteiger partial charge on any atom is 0.250 e. The molecule has 4 rings (SSSR count). The number of hydrogen-bond acceptors (Lipinski definition) is 6. The van der Waals surface area contributed by atoms with Gasteiger partial charge in [-0.15, -0.1) is 10.2 Å². The average molecular weight is 475 g/mol. The molecule has 0 spiro atoms. The Morgan fingerprint density at radius 1 is 1.03 bits per heavy atom. The molecule has 0 aliphatic rings. The van der Waals surface area contributed by atoms with Crippen LogP contribution in [0.15, 0.2) is 89.1 Å². The Balaban J connectivity index is 1.42. The molecule has 34 heavy (non-hydrogen) atoms. The molecule has 9 heteroatoms. The number of amides is 1. The van der Waals surface area contributed by atoms with Gasteiger partial charge in [-0.1, -0.05) is 59.8 Å². The monoisotopic (exact) mass is 474 g/mol. The van der Waals surface area contributed by atoms with Crippen LogP contribution in [0.25, 0.3) is 5.69 Å². The highest BCUT2D eigenvalue weighted by atomic mass is 32.2. The topological polar surface area (TPSA) is 84.2 Å². The van der Waals surface area contributed by atoms with E-state index in [0.717, 1.165) is 17.2 Å². The minimum absolute atomic E-state index is 0.108. The van der Waals surface area contributed by atoms with Gasteiger partial charge in [0.1, 0.15) is 5.82 Å². The largest absolute Gasteiger partial charge is 0.378 e. The second-order valence-corrected chi connectivity index (χ2v) is 8.37. The van der Waals surface area contributed by atoms with E-state index in [-0.39, 0.29) is 17.5 Å². The number of nitrogens with zero attached hydrogens (tertiary/aromatic N) is 4. The third-order valence-electron chi connectivity index (χ3n) is 4.82. The Bertz CT molecular complexity index is 1260. The quantitative estimate of drug-likeness (QED) is 0.211. The summed E-state index contributed by atoms with van der Waals surface area (Å²) in [7, 11) is 0. The second-order valence-electron chi connectivity index (χ2n) is 7.42. The Hall–Kier alpha value is -3.98. The standard InChI is InChI=1S/C25H23FN6OS/c1-18-7-13-21(14-8-18)27-16-23-29-31-25(32(23)22-5-3-2-4-6-22)34-17-24(33)30-28-15-19-9-11-20(26)12-10-19/h2-15,27H,16-17H2,1H3,(H,30,33)/b28-15-. The van der Waals surface area contributed by atoms with Crippen molar-refractivity contribution in [3.63, 3.8) is 0 Å². The van der Waals surface area contributed by atoms with E-state index in [9.17, 15) is 9.18 Å². The first-order valence-corrected chi connectivity index (χ1v) is 11.6. The summed E-state index contributed by atoms with van der Waals surface area (Å²) < 4.78 is 14.9. The van der Waals surface area contributed by atoms with Gasteiger partial charge in [-0.2, -0.15) is 5.10 Å². The maximum absolute atomic E-state index is 13.0. The van der Waals surface area contributed by atoms with Crippen LogP contribution in [0, 0.1) is 12.7 Å². The van der Waals surface area contributed by atoms with E-state index in [1.165, 1.54) is 35.7 Å². The number of rotatable bonds is 9. The van der Waals surface area contributed by atoms with Gasteiger partial charge in [-0.3, -0.25) is 9.36 Å². The van der Waals surface area contributed by atoms with Crippen LogP contribution in [-0.2, 0) is 11.3 Å². The Morgan fingerprint density at radius 3 is 2.50 bits per heavy atom. The maximum atomic E-state index is 13.0. The fourth-order valence-corrected chi connectivity index (χ4v) is 3.85. The van der Waals surface area contributed by atoms with E-state index in [4.69, 9.17) is 0 Å². The summed E-state index contributed by atoms with van der Waals surface area (Å²) in [5.74, 6) is 0.222. The van der Waals surface area contributed by atoms with Crippen LogP contribution in [0.3, 0.4) is 0 Å². The van der Waals surface area contributed by atoms with Crippen LogP contribution in [-0.4, -0.2) is 32.6 Å². The van der Waals surface area contributed by atoms with E-state index < -0.39 is 0 Å². The summed E-state index contributed by atoms with van der Waals surface area (Å²) in [5, 5.41) is 16.6. The zero-order valence-corrected chi connectivity index (χ0v) is 19.3. The fourth-order valence-electron chi connectivity index (χ4n) is 3.09. The minimum Gasteiger partial charge on any atom is -0.378 e. The number of benzene rings is 3. The highest BCUT2D eigenvalue weighted by molar-refractivity contribution is 7.99. The number of anilines is 1. The van der Waals surface area contributed by atoms with E-state index >= 15 is 0 Å². The lowest BCUT2D eigenvalue weighted by Crippen LogP contribution is -2.20. The molecule has 0 saturated heterocycles. The summed E-state index contributed by atoms with van der Waals surface area (Å²) >= 11 is 1.27. The zero-order valence-electron chi connectivity index (χ0n) is 18.5. The number of carbonyl (C=O) groups is 1. The molecular formula is C25H23FN6OS. The predicted molar refractivity (Wildman–Crippen MR) is 133 cm³/mol. The van der Waals surface area contributed by atoms with Crippen LogP contribution >= 0.6 is 11.8 Å². The van der Waals surface area contributed by atoms with E-state index in [2.05, 4.69) is 26.0 Å². The molecule has 0 aliphatic heterocycles. The molecule has 172 valence electrons. The summed E-state index contributed by atoms with van der Waals surface area (Å²) in [4.78, 5) is 12.3. The summed E-state index contributed by atoms with van der Waals surface area (Å²) in [6, 6.07) is 23.7. The van der Waals surface area contributed by atoms with Gasteiger partial charge >= 0.3 is 0 Å².